The van der Waals surface area contributed by atoms with Crippen molar-refractivity contribution in [1.29, 1.82) is 0 Å². The Balaban J connectivity index is 1.56. The maximum absolute atomic E-state index is 12.2. The van der Waals surface area contributed by atoms with Crippen LogP contribution >= 0.6 is 11.8 Å². The van der Waals surface area contributed by atoms with E-state index in [-0.39, 0.29) is 29.5 Å². The molecular weight excluding hydrogens is 342 g/mol. The van der Waals surface area contributed by atoms with Gasteiger partial charge in [0.2, 0.25) is 5.91 Å². The summed E-state index contributed by atoms with van der Waals surface area (Å²) in [6.07, 6.45) is 1.69. The third kappa shape index (κ3) is 3.98. The van der Waals surface area contributed by atoms with Crippen molar-refractivity contribution in [3.8, 4) is 0 Å². The average Bonchev–Trinajstić information content (AvgIpc) is 2.92. The number of thioether (sulfide) groups is 1. The molecule has 1 amide bonds. The molecule has 0 saturated carbocycles. The lowest BCUT2D eigenvalue weighted by atomic mass is 10.2. The summed E-state index contributed by atoms with van der Waals surface area (Å²) in [6.45, 7) is 4.22. The van der Waals surface area contributed by atoms with E-state index in [1.807, 2.05) is 0 Å². The second-order valence-corrected chi connectivity index (χ2v) is 6.96. The standard InChI is InChI=1S/C16H19N5O3S/c1-10-5-14(23)20(9-18-10)4-3-17-13(22)7-12-8-25-16-19-11(2)6-15(24)21(12)16/h5-6,9,12H,3-4,7-8H2,1-2H3,(H,17,22). The Hall–Kier alpha value is -2.42. The van der Waals surface area contributed by atoms with Gasteiger partial charge in [0, 0.05) is 48.8 Å². The van der Waals surface area contributed by atoms with Crippen molar-refractivity contribution in [2.75, 3.05) is 12.3 Å². The first-order chi connectivity index (χ1) is 11.9. The number of nitrogens with one attached hydrogen (secondary N) is 1. The van der Waals surface area contributed by atoms with E-state index >= 15 is 0 Å². The van der Waals surface area contributed by atoms with Crippen LogP contribution in [0, 0.1) is 13.8 Å². The molecule has 2 aromatic rings. The summed E-state index contributed by atoms with van der Waals surface area (Å²) in [5.74, 6) is 0.500. The number of nitrogens with zero attached hydrogens (tertiary/aromatic N) is 4. The topological polar surface area (TPSA) is 98.9 Å². The third-order valence-corrected chi connectivity index (χ3v) is 5.03. The summed E-state index contributed by atoms with van der Waals surface area (Å²) in [4.78, 5) is 44.4. The van der Waals surface area contributed by atoms with Gasteiger partial charge in [0.15, 0.2) is 5.16 Å². The Kier molecular flexibility index (Phi) is 5.03. The largest absolute Gasteiger partial charge is 0.354 e. The van der Waals surface area contributed by atoms with Crippen LogP contribution in [0.15, 0.2) is 33.2 Å². The highest BCUT2D eigenvalue weighted by Gasteiger charge is 2.27. The monoisotopic (exact) mass is 361 g/mol. The van der Waals surface area contributed by atoms with Crippen LogP contribution in [0.1, 0.15) is 23.9 Å². The predicted molar refractivity (Wildman–Crippen MR) is 93.9 cm³/mol. The quantitative estimate of drug-likeness (QED) is 0.768. The highest BCUT2D eigenvalue weighted by atomic mass is 32.2. The zero-order valence-corrected chi connectivity index (χ0v) is 14.9. The van der Waals surface area contributed by atoms with E-state index in [9.17, 15) is 14.4 Å². The first-order valence-corrected chi connectivity index (χ1v) is 8.95. The van der Waals surface area contributed by atoms with Gasteiger partial charge >= 0.3 is 0 Å². The van der Waals surface area contributed by atoms with Gasteiger partial charge in [0.1, 0.15) is 0 Å². The second-order valence-electron chi connectivity index (χ2n) is 5.97. The summed E-state index contributed by atoms with van der Waals surface area (Å²) in [5, 5.41) is 3.46. The van der Waals surface area contributed by atoms with Crippen LogP contribution < -0.4 is 16.4 Å². The number of amides is 1. The van der Waals surface area contributed by atoms with Crippen molar-refractivity contribution in [2.24, 2.45) is 0 Å². The van der Waals surface area contributed by atoms with E-state index in [4.69, 9.17) is 0 Å². The molecule has 1 atom stereocenters. The molecule has 1 aliphatic heterocycles. The maximum atomic E-state index is 12.2. The van der Waals surface area contributed by atoms with Gasteiger partial charge in [-0.15, -0.1) is 0 Å². The molecule has 2 aromatic heterocycles. The Morgan fingerprint density at radius 2 is 2.04 bits per heavy atom. The molecular formula is C16H19N5O3S. The number of carbonyl (C=O) groups excluding carboxylic acids is 1. The Morgan fingerprint density at radius 3 is 2.80 bits per heavy atom. The van der Waals surface area contributed by atoms with E-state index < -0.39 is 0 Å². The lowest BCUT2D eigenvalue weighted by molar-refractivity contribution is -0.121. The highest BCUT2D eigenvalue weighted by Crippen LogP contribution is 2.31. The molecule has 0 spiro atoms. The van der Waals surface area contributed by atoms with Gasteiger partial charge in [-0.05, 0) is 13.8 Å². The molecule has 0 aliphatic carbocycles. The van der Waals surface area contributed by atoms with Crippen LogP contribution in [-0.2, 0) is 11.3 Å². The van der Waals surface area contributed by atoms with E-state index in [1.54, 1.807) is 18.4 Å². The van der Waals surface area contributed by atoms with Gasteiger partial charge in [-0.1, -0.05) is 11.8 Å². The first kappa shape index (κ1) is 17.4. The molecule has 8 nitrogen and oxygen atoms in total. The van der Waals surface area contributed by atoms with E-state index in [0.717, 1.165) is 0 Å². The maximum Gasteiger partial charge on any atom is 0.254 e. The number of hydrogen-bond acceptors (Lipinski definition) is 6. The number of carbonyl (C=O) groups is 1. The van der Waals surface area contributed by atoms with Crippen LogP contribution in [0.25, 0.3) is 0 Å². The highest BCUT2D eigenvalue weighted by molar-refractivity contribution is 7.99. The van der Waals surface area contributed by atoms with E-state index in [0.29, 0.717) is 35.4 Å². The van der Waals surface area contributed by atoms with Crippen molar-refractivity contribution in [2.45, 2.75) is 38.0 Å². The molecule has 0 aromatic carbocycles. The Morgan fingerprint density at radius 1 is 1.28 bits per heavy atom. The molecule has 3 rings (SSSR count). The fourth-order valence-electron chi connectivity index (χ4n) is 2.70. The number of aryl methyl sites for hydroxylation is 2. The zero-order valence-electron chi connectivity index (χ0n) is 14.1. The third-order valence-electron chi connectivity index (χ3n) is 3.93. The Bertz CT molecular complexity index is 921. The van der Waals surface area contributed by atoms with Gasteiger partial charge in [0.25, 0.3) is 11.1 Å². The minimum Gasteiger partial charge on any atom is -0.354 e. The molecule has 25 heavy (non-hydrogen) atoms. The van der Waals surface area contributed by atoms with Gasteiger partial charge in [-0.25, -0.2) is 9.97 Å². The molecule has 3 heterocycles. The van der Waals surface area contributed by atoms with Crippen molar-refractivity contribution < 1.29 is 4.79 Å². The summed E-state index contributed by atoms with van der Waals surface area (Å²) in [6, 6.07) is 2.75. The molecule has 0 fully saturated rings. The minimum atomic E-state index is -0.190. The molecule has 0 bridgehead atoms. The first-order valence-electron chi connectivity index (χ1n) is 7.97. The van der Waals surface area contributed by atoms with Crippen molar-refractivity contribution in [3.63, 3.8) is 0 Å². The van der Waals surface area contributed by atoms with Crippen molar-refractivity contribution in [1.82, 2.24) is 24.4 Å². The molecule has 132 valence electrons. The lowest BCUT2D eigenvalue weighted by Gasteiger charge is -2.13. The normalized spacial score (nSPS) is 15.8. The summed E-state index contributed by atoms with van der Waals surface area (Å²) < 4.78 is 3.04. The Labute approximate surface area is 148 Å². The van der Waals surface area contributed by atoms with E-state index in [2.05, 4.69) is 15.3 Å². The van der Waals surface area contributed by atoms with Crippen molar-refractivity contribution in [3.05, 3.63) is 50.6 Å². The second kappa shape index (κ2) is 7.22. The fourth-order valence-corrected chi connectivity index (χ4v) is 3.89. The molecule has 1 unspecified atom stereocenters. The van der Waals surface area contributed by atoms with Crippen LogP contribution in [0.4, 0.5) is 0 Å². The number of rotatable bonds is 5. The van der Waals surface area contributed by atoms with Gasteiger partial charge in [0.05, 0.1) is 12.4 Å². The van der Waals surface area contributed by atoms with E-state index in [1.165, 1.54) is 34.8 Å². The number of fused-ring (bicyclic) bond motifs is 1. The van der Waals surface area contributed by atoms with Gasteiger partial charge in [-0.3, -0.25) is 23.5 Å². The molecule has 0 radical (unpaired) electrons. The molecule has 1 aliphatic rings. The average molecular weight is 361 g/mol. The van der Waals surface area contributed by atoms with Crippen LogP contribution in [0.3, 0.4) is 0 Å². The smallest absolute Gasteiger partial charge is 0.254 e. The van der Waals surface area contributed by atoms with Gasteiger partial charge in [-0.2, -0.15) is 0 Å². The lowest BCUT2D eigenvalue weighted by Crippen LogP contribution is -2.33. The van der Waals surface area contributed by atoms with Crippen molar-refractivity contribution >= 4 is 17.7 Å². The van der Waals surface area contributed by atoms with Crippen LogP contribution in [-0.4, -0.2) is 37.3 Å². The minimum absolute atomic E-state index is 0.123. The number of hydrogen-bond donors (Lipinski definition) is 1. The predicted octanol–water partition coefficient (Wildman–Crippen LogP) is 0.270. The molecule has 0 saturated heterocycles. The summed E-state index contributed by atoms with van der Waals surface area (Å²) in [5.41, 5.74) is 1.08. The summed E-state index contributed by atoms with van der Waals surface area (Å²) >= 11 is 1.49. The van der Waals surface area contributed by atoms with Gasteiger partial charge < -0.3 is 5.32 Å². The molecule has 9 heteroatoms. The van der Waals surface area contributed by atoms with Crippen LogP contribution in [0.5, 0.6) is 0 Å². The zero-order chi connectivity index (χ0) is 18.0. The summed E-state index contributed by atoms with van der Waals surface area (Å²) in [7, 11) is 0. The number of aromatic nitrogens is 4. The van der Waals surface area contributed by atoms with Crippen LogP contribution in [0.2, 0.25) is 0 Å². The molecule has 1 N–H and O–H groups in total. The SMILES string of the molecule is Cc1cc(=O)n(CCNC(=O)CC2CSc3nc(C)cc(=O)n32)cn1. The fraction of sp³-hybridized carbons (Fsp3) is 0.438.